The van der Waals surface area contributed by atoms with Crippen molar-refractivity contribution in [2.24, 2.45) is 0 Å². The molecule has 1 saturated heterocycles. The Bertz CT molecular complexity index is 1010. The number of nitrogens with zero attached hydrogens (tertiary/aromatic N) is 3. The summed E-state index contributed by atoms with van der Waals surface area (Å²) >= 11 is 0. The van der Waals surface area contributed by atoms with Gasteiger partial charge >= 0.3 is 0 Å². The second-order valence-corrected chi connectivity index (χ2v) is 8.53. The summed E-state index contributed by atoms with van der Waals surface area (Å²) in [5.74, 6) is -0.578. The van der Waals surface area contributed by atoms with E-state index in [2.05, 4.69) is 11.0 Å². The minimum atomic E-state index is -4.00. The van der Waals surface area contributed by atoms with E-state index in [1.807, 2.05) is 12.1 Å². The number of ether oxygens (including phenoxy) is 2. The van der Waals surface area contributed by atoms with E-state index < -0.39 is 20.7 Å². The van der Waals surface area contributed by atoms with Gasteiger partial charge < -0.3 is 9.47 Å². The normalized spacial score (nSPS) is 15.7. The molecule has 0 amide bonds. The third kappa shape index (κ3) is 4.50. The summed E-state index contributed by atoms with van der Waals surface area (Å²) in [5.41, 5.74) is 1.65. The maximum absolute atomic E-state index is 14.5. The van der Waals surface area contributed by atoms with Crippen molar-refractivity contribution in [1.29, 1.82) is 5.26 Å². The Morgan fingerprint density at radius 1 is 1.03 bits per heavy atom. The summed E-state index contributed by atoms with van der Waals surface area (Å²) < 4.78 is 51.8. The van der Waals surface area contributed by atoms with Crippen molar-refractivity contribution in [1.82, 2.24) is 9.21 Å². The average Bonchev–Trinajstić information content (AvgIpc) is 2.74. The number of sulfonamides is 1. The van der Waals surface area contributed by atoms with Gasteiger partial charge in [0, 0.05) is 44.9 Å². The van der Waals surface area contributed by atoms with Gasteiger partial charge in [-0.25, -0.2) is 12.8 Å². The molecule has 0 unspecified atom stereocenters. The highest BCUT2D eigenvalue weighted by molar-refractivity contribution is 7.89. The number of methoxy groups -OCH3 is 2. The zero-order valence-corrected chi connectivity index (χ0v) is 17.1. The second-order valence-electron chi connectivity index (χ2n) is 6.63. The quantitative estimate of drug-likeness (QED) is 0.714. The molecule has 0 aromatic heterocycles. The molecule has 1 aliphatic heterocycles. The van der Waals surface area contributed by atoms with Crippen LogP contribution in [0.3, 0.4) is 0 Å². The van der Waals surface area contributed by atoms with Crippen LogP contribution in [-0.2, 0) is 16.6 Å². The Labute approximate surface area is 169 Å². The minimum Gasteiger partial charge on any atom is -0.493 e. The highest BCUT2D eigenvalue weighted by Gasteiger charge is 2.32. The lowest BCUT2D eigenvalue weighted by atomic mass is 10.1. The van der Waals surface area contributed by atoms with Crippen LogP contribution in [0.1, 0.15) is 11.1 Å². The fourth-order valence-corrected chi connectivity index (χ4v) is 4.73. The highest BCUT2D eigenvalue weighted by atomic mass is 32.2. The maximum Gasteiger partial charge on any atom is 0.246 e. The lowest BCUT2D eigenvalue weighted by Crippen LogP contribution is -2.48. The van der Waals surface area contributed by atoms with Crippen LogP contribution < -0.4 is 9.47 Å². The van der Waals surface area contributed by atoms with Gasteiger partial charge in [-0.15, -0.1) is 0 Å². The van der Waals surface area contributed by atoms with Gasteiger partial charge in [0.25, 0.3) is 0 Å². The van der Waals surface area contributed by atoms with Gasteiger partial charge in [0.1, 0.15) is 10.7 Å². The monoisotopic (exact) mass is 419 g/mol. The van der Waals surface area contributed by atoms with Crippen LogP contribution in [0.5, 0.6) is 11.5 Å². The molecule has 1 aliphatic rings. The first kappa shape index (κ1) is 21.0. The zero-order chi connectivity index (χ0) is 21.0. The largest absolute Gasteiger partial charge is 0.493 e. The molecule has 1 heterocycles. The Balaban J connectivity index is 1.70. The molecule has 0 bridgehead atoms. The third-order valence-electron chi connectivity index (χ3n) is 4.88. The first-order chi connectivity index (χ1) is 13.9. The molecule has 0 aliphatic carbocycles. The lowest BCUT2D eigenvalue weighted by molar-refractivity contribution is 0.181. The standard InChI is InChI=1S/C20H22FN3O4S/c1-27-18-11-17(21)20(12-19(18)28-2)29(25,26)24-9-7-23(8-10-24)14-16-5-3-15(13-22)4-6-16/h3-6,11-12H,7-10,14H2,1-2H3. The average molecular weight is 419 g/mol. The molecule has 0 spiro atoms. The van der Waals surface area contributed by atoms with Crippen molar-refractivity contribution in [2.75, 3.05) is 40.4 Å². The van der Waals surface area contributed by atoms with Gasteiger partial charge in [-0.05, 0) is 17.7 Å². The third-order valence-corrected chi connectivity index (χ3v) is 6.79. The number of hydrogen-bond acceptors (Lipinski definition) is 6. The molecular weight excluding hydrogens is 397 g/mol. The van der Waals surface area contributed by atoms with Gasteiger partial charge in [0.2, 0.25) is 10.0 Å². The van der Waals surface area contributed by atoms with Gasteiger partial charge in [-0.1, -0.05) is 12.1 Å². The first-order valence-corrected chi connectivity index (χ1v) is 10.5. The molecule has 9 heteroatoms. The van der Waals surface area contributed by atoms with E-state index in [1.54, 1.807) is 12.1 Å². The molecule has 29 heavy (non-hydrogen) atoms. The SMILES string of the molecule is COc1cc(F)c(S(=O)(=O)N2CCN(Cc3ccc(C#N)cc3)CC2)cc1OC. The zero-order valence-electron chi connectivity index (χ0n) is 16.3. The van der Waals surface area contributed by atoms with E-state index in [0.717, 1.165) is 17.7 Å². The molecule has 0 radical (unpaired) electrons. The fraction of sp³-hybridized carbons (Fsp3) is 0.350. The van der Waals surface area contributed by atoms with E-state index in [1.165, 1.54) is 18.5 Å². The Hall–Kier alpha value is -2.67. The molecule has 3 rings (SSSR count). The summed E-state index contributed by atoms with van der Waals surface area (Å²) in [5, 5.41) is 8.87. The number of benzene rings is 2. The first-order valence-electron chi connectivity index (χ1n) is 9.02. The second kappa shape index (κ2) is 8.78. The van der Waals surface area contributed by atoms with Crippen molar-refractivity contribution in [3.05, 3.63) is 53.3 Å². The molecule has 2 aromatic carbocycles. The van der Waals surface area contributed by atoms with E-state index in [4.69, 9.17) is 14.7 Å². The number of nitriles is 1. The van der Waals surface area contributed by atoms with Gasteiger partial charge in [-0.3, -0.25) is 4.90 Å². The maximum atomic E-state index is 14.5. The lowest BCUT2D eigenvalue weighted by Gasteiger charge is -2.34. The van der Waals surface area contributed by atoms with Crippen molar-refractivity contribution in [2.45, 2.75) is 11.4 Å². The summed E-state index contributed by atoms with van der Waals surface area (Å²) in [6, 6.07) is 11.6. The van der Waals surface area contributed by atoms with Crippen LogP contribution in [0.2, 0.25) is 0 Å². The summed E-state index contributed by atoms with van der Waals surface area (Å²) in [4.78, 5) is 1.70. The molecule has 0 atom stereocenters. The van der Waals surface area contributed by atoms with E-state index in [-0.39, 0.29) is 24.6 Å². The van der Waals surface area contributed by atoms with Crippen LogP contribution in [-0.4, -0.2) is 58.0 Å². The van der Waals surface area contributed by atoms with Crippen LogP contribution in [0, 0.1) is 17.1 Å². The number of rotatable bonds is 6. The van der Waals surface area contributed by atoms with Crippen molar-refractivity contribution in [3.63, 3.8) is 0 Å². The van der Waals surface area contributed by atoms with Crippen molar-refractivity contribution >= 4 is 10.0 Å². The predicted octanol–water partition coefficient (Wildman–Crippen LogP) is 2.22. The van der Waals surface area contributed by atoms with Gasteiger partial charge in [0.05, 0.1) is 25.9 Å². The van der Waals surface area contributed by atoms with E-state index >= 15 is 0 Å². The van der Waals surface area contributed by atoms with Crippen molar-refractivity contribution < 1.29 is 22.3 Å². The number of piperazine rings is 1. The Morgan fingerprint density at radius 2 is 1.62 bits per heavy atom. The Morgan fingerprint density at radius 3 is 2.17 bits per heavy atom. The molecule has 154 valence electrons. The summed E-state index contributed by atoms with van der Waals surface area (Å²) in [6.45, 7) is 2.21. The van der Waals surface area contributed by atoms with E-state index in [9.17, 15) is 12.8 Å². The molecule has 0 saturated carbocycles. The smallest absolute Gasteiger partial charge is 0.246 e. The van der Waals surface area contributed by atoms with Crippen LogP contribution >= 0.6 is 0 Å². The molecule has 7 nitrogen and oxygen atoms in total. The molecule has 2 aromatic rings. The van der Waals surface area contributed by atoms with Crippen LogP contribution in [0.25, 0.3) is 0 Å². The number of halogens is 1. The Kier molecular flexibility index (Phi) is 6.37. The highest BCUT2D eigenvalue weighted by Crippen LogP contribution is 2.33. The molecule has 1 fully saturated rings. The summed E-state index contributed by atoms with van der Waals surface area (Å²) in [7, 11) is -1.27. The van der Waals surface area contributed by atoms with Crippen LogP contribution in [0.4, 0.5) is 4.39 Å². The molecule has 0 N–H and O–H groups in total. The van der Waals surface area contributed by atoms with E-state index in [0.29, 0.717) is 25.2 Å². The minimum absolute atomic E-state index is 0.135. The van der Waals surface area contributed by atoms with Crippen molar-refractivity contribution in [3.8, 4) is 17.6 Å². The van der Waals surface area contributed by atoms with Gasteiger partial charge in [-0.2, -0.15) is 9.57 Å². The number of hydrogen-bond donors (Lipinski definition) is 0. The molecular formula is C20H22FN3O4S. The fourth-order valence-electron chi connectivity index (χ4n) is 3.24. The topological polar surface area (TPSA) is 82.9 Å². The predicted molar refractivity (Wildman–Crippen MR) is 105 cm³/mol. The van der Waals surface area contributed by atoms with Gasteiger partial charge in [0.15, 0.2) is 11.5 Å². The van der Waals surface area contributed by atoms with Crippen LogP contribution in [0.15, 0.2) is 41.3 Å². The summed E-state index contributed by atoms with van der Waals surface area (Å²) in [6.07, 6.45) is 0.